The number of hydrogen-bond donors (Lipinski definition) is 1. The van der Waals surface area contributed by atoms with Gasteiger partial charge in [0.25, 0.3) is 5.91 Å². The highest BCUT2D eigenvalue weighted by molar-refractivity contribution is 5.97. The van der Waals surface area contributed by atoms with Crippen LogP contribution in [0.25, 0.3) is 0 Å². The summed E-state index contributed by atoms with van der Waals surface area (Å²) in [4.78, 5) is 12.8. The first kappa shape index (κ1) is 21.0. The summed E-state index contributed by atoms with van der Waals surface area (Å²) in [5.74, 6) is 0.360. The number of unbranched alkanes of at least 4 members (excludes halogenated alkanes) is 1. The van der Waals surface area contributed by atoms with Gasteiger partial charge < -0.3 is 14.8 Å². The number of carbonyl (C=O) groups excluding carboxylic acids is 1. The number of nitriles is 1. The number of amides is 1. The molecule has 0 aromatic heterocycles. The summed E-state index contributed by atoms with van der Waals surface area (Å²) in [6.07, 6.45) is 4.31. The van der Waals surface area contributed by atoms with E-state index in [1.165, 1.54) is 0 Å². The summed E-state index contributed by atoms with van der Waals surface area (Å²) in [7, 11) is 0. The standard InChI is InChI=1S/C20H30N2O3/c1-5-8-11-20(4,25-13-7-3)19(23)22-17-9-10-18(24-12-6-2)16(14-17)15-21/h9-10,14H,5-8,11-13H2,1-4H3,(H,22,23)/t20-/m1/s1. The molecule has 0 fully saturated rings. The monoisotopic (exact) mass is 346 g/mol. The molecule has 0 heterocycles. The van der Waals surface area contributed by atoms with E-state index in [-0.39, 0.29) is 5.91 Å². The summed E-state index contributed by atoms with van der Waals surface area (Å²) in [6.45, 7) is 9.05. The highest BCUT2D eigenvalue weighted by Crippen LogP contribution is 2.25. The summed E-state index contributed by atoms with van der Waals surface area (Å²) < 4.78 is 11.4. The van der Waals surface area contributed by atoms with Crippen LogP contribution >= 0.6 is 0 Å². The van der Waals surface area contributed by atoms with E-state index in [0.29, 0.717) is 36.6 Å². The van der Waals surface area contributed by atoms with Crippen molar-refractivity contribution in [3.05, 3.63) is 23.8 Å². The summed E-state index contributed by atoms with van der Waals surface area (Å²) in [5.41, 5.74) is 0.125. The smallest absolute Gasteiger partial charge is 0.256 e. The molecule has 25 heavy (non-hydrogen) atoms. The second-order valence-corrected chi connectivity index (χ2v) is 6.31. The van der Waals surface area contributed by atoms with Crippen molar-refractivity contribution in [3.63, 3.8) is 0 Å². The van der Waals surface area contributed by atoms with E-state index in [1.54, 1.807) is 18.2 Å². The highest BCUT2D eigenvalue weighted by Gasteiger charge is 2.33. The van der Waals surface area contributed by atoms with E-state index in [9.17, 15) is 10.1 Å². The zero-order valence-electron chi connectivity index (χ0n) is 15.9. The van der Waals surface area contributed by atoms with Crippen molar-refractivity contribution in [2.75, 3.05) is 18.5 Å². The van der Waals surface area contributed by atoms with Crippen molar-refractivity contribution in [1.82, 2.24) is 0 Å². The molecule has 1 atom stereocenters. The third-order valence-corrected chi connectivity index (χ3v) is 3.93. The molecule has 0 aliphatic heterocycles. The lowest BCUT2D eigenvalue weighted by Gasteiger charge is -2.28. The Hall–Kier alpha value is -2.06. The fourth-order valence-corrected chi connectivity index (χ4v) is 2.39. The maximum Gasteiger partial charge on any atom is 0.256 e. The lowest BCUT2D eigenvalue weighted by Crippen LogP contribution is -2.43. The SMILES string of the molecule is CCCC[C@@](C)(OCCC)C(=O)Nc1ccc(OCCC)c(C#N)c1. The topological polar surface area (TPSA) is 71.3 Å². The molecule has 0 spiro atoms. The molecule has 0 saturated heterocycles. The minimum Gasteiger partial charge on any atom is -0.492 e. The number of hydrogen-bond acceptors (Lipinski definition) is 4. The number of benzene rings is 1. The van der Waals surface area contributed by atoms with Gasteiger partial charge in [-0.2, -0.15) is 5.26 Å². The Labute approximate surface area is 151 Å². The zero-order valence-corrected chi connectivity index (χ0v) is 15.9. The van der Waals surface area contributed by atoms with Gasteiger partial charge in [-0.25, -0.2) is 0 Å². The number of nitrogens with zero attached hydrogens (tertiary/aromatic N) is 1. The normalized spacial score (nSPS) is 12.9. The van der Waals surface area contributed by atoms with Crippen LogP contribution in [-0.2, 0) is 9.53 Å². The fraction of sp³-hybridized carbons (Fsp3) is 0.600. The Kier molecular flexibility index (Phi) is 9.01. The second kappa shape index (κ2) is 10.7. The Bertz CT molecular complexity index is 585. The molecular formula is C20H30N2O3. The molecule has 0 aliphatic rings. The number of ether oxygens (including phenoxy) is 2. The van der Waals surface area contributed by atoms with Crippen molar-refractivity contribution in [3.8, 4) is 11.8 Å². The van der Waals surface area contributed by atoms with Crippen molar-refractivity contribution in [2.24, 2.45) is 0 Å². The van der Waals surface area contributed by atoms with Crippen LogP contribution in [0, 0.1) is 11.3 Å². The van der Waals surface area contributed by atoms with Crippen LogP contribution in [0.4, 0.5) is 5.69 Å². The van der Waals surface area contributed by atoms with Crippen LogP contribution in [0.15, 0.2) is 18.2 Å². The summed E-state index contributed by atoms with van der Waals surface area (Å²) >= 11 is 0. The quantitative estimate of drug-likeness (QED) is 0.632. The molecule has 0 saturated carbocycles. The lowest BCUT2D eigenvalue weighted by atomic mass is 9.97. The van der Waals surface area contributed by atoms with Gasteiger partial charge in [-0.05, 0) is 44.4 Å². The van der Waals surface area contributed by atoms with Gasteiger partial charge in [-0.1, -0.05) is 33.6 Å². The molecule has 0 unspecified atom stereocenters. The van der Waals surface area contributed by atoms with Gasteiger partial charge in [0.1, 0.15) is 17.4 Å². The Morgan fingerprint density at radius 1 is 1.20 bits per heavy atom. The molecule has 1 aromatic rings. The molecule has 0 radical (unpaired) electrons. The van der Waals surface area contributed by atoms with Gasteiger partial charge in [0.05, 0.1) is 12.2 Å². The van der Waals surface area contributed by atoms with Crippen LogP contribution in [0.2, 0.25) is 0 Å². The highest BCUT2D eigenvalue weighted by atomic mass is 16.5. The van der Waals surface area contributed by atoms with E-state index in [0.717, 1.165) is 25.7 Å². The van der Waals surface area contributed by atoms with E-state index in [1.807, 2.05) is 20.8 Å². The molecule has 0 bridgehead atoms. The molecule has 5 nitrogen and oxygen atoms in total. The zero-order chi connectivity index (χ0) is 18.7. The third kappa shape index (κ3) is 6.39. The Balaban J connectivity index is 2.90. The molecule has 1 rings (SSSR count). The lowest BCUT2D eigenvalue weighted by molar-refractivity contribution is -0.140. The maximum atomic E-state index is 12.8. The molecule has 1 N–H and O–H groups in total. The predicted octanol–water partition coefficient (Wildman–Crippen LogP) is 4.66. The average Bonchev–Trinajstić information content (AvgIpc) is 2.63. The number of carbonyl (C=O) groups is 1. The van der Waals surface area contributed by atoms with E-state index in [2.05, 4.69) is 18.3 Å². The first-order valence-electron chi connectivity index (χ1n) is 9.13. The van der Waals surface area contributed by atoms with E-state index in [4.69, 9.17) is 9.47 Å². The fourth-order valence-electron chi connectivity index (χ4n) is 2.39. The molecule has 138 valence electrons. The van der Waals surface area contributed by atoms with Crippen molar-refractivity contribution < 1.29 is 14.3 Å². The van der Waals surface area contributed by atoms with Gasteiger partial charge in [-0.15, -0.1) is 0 Å². The second-order valence-electron chi connectivity index (χ2n) is 6.31. The Morgan fingerprint density at radius 2 is 1.92 bits per heavy atom. The van der Waals surface area contributed by atoms with Gasteiger partial charge in [0, 0.05) is 12.3 Å². The third-order valence-electron chi connectivity index (χ3n) is 3.93. The molecule has 5 heteroatoms. The molecule has 0 aliphatic carbocycles. The van der Waals surface area contributed by atoms with Gasteiger partial charge in [0.2, 0.25) is 0 Å². The van der Waals surface area contributed by atoms with Gasteiger partial charge in [0.15, 0.2) is 0 Å². The van der Waals surface area contributed by atoms with Crippen LogP contribution in [0.5, 0.6) is 5.75 Å². The van der Waals surface area contributed by atoms with Crippen LogP contribution in [0.3, 0.4) is 0 Å². The van der Waals surface area contributed by atoms with Crippen molar-refractivity contribution in [1.29, 1.82) is 5.26 Å². The van der Waals surface area contributed by atoms with E-state index < -0.39 is 5.60 Å². The first-order chi connectivity index (χ1) is 12.0. The number of rotatable bonds is 11. The predicted molar refractivity (Wildman–Crippen MR) is 99.7 cm³/mol. The largest absolute Gasteiger partial charge is 0.492 e. The van der Waals surface area contributed by atoms with Crippen LogP contribution in [-0.4, -0.2) is 24.7 Å². The van der Waals surface area contributed by atoms with Gasteiger partial charge >= 0.3 is 0 Å². The van der Waals surface area contributed by atoms with Crippen molar-refractivity contribution in [2.45, 2.75) is 65.4 Å². The van der Waals surface area contributed by atoms with E-state index >= 15 is 0 Å². The average molecular weight is 346 g/mol. The summed E-state index contributed by atoms with van der Waals surface area (Å²) in [5, 5.41) is 12.2. The maximum absolute atomic E-state index is 12.8. The number of nitrogens with one attached hydrogen (secondary N) is 1. The minimum atomic E-state index is -0.865. The summed E-state index contributed by atoms with van der Waals surface area (Å²) in [6, 6.07) is 7.24. The molecule has 1 amide bonds. The number of anilines is 1. The minimum absolute atomic E-state index is 0.180. The van der Waals surface area contributed by atoms with Crippen molar-refractivity contribution >= 4 is 11.6 Å². The molecular weight excluding hydrogens is 316 g/mol. The first-order valence-corrected chi connectivity index (χ1v) is 9.13. The van der Waals surface area contributed by atoms with Crippen LogP contribution in [0.1, 0.15) is 65.4 Å². The van der Waals surface area contributed by atoms with Crippen LogP contribution < -0.4 is 10.1 Å². The van der Waals surface area contributed by atoms with Gasteiger partial charge in [-0.3, -0.25) is 4.79 Å². The Morgan fingerprint density at radius 3 is 2.52 bits per heavy atom. The molecule has 1 aromatic carbocycles.